The number of benzene rings is 2. The van der Waals surface area contributed by atoms with E-state index < -0.39 is 18.4 Å². The van der Waals surface area contributed by atoms with E-state index in [9.17, 15) is 14.0 Å². The van der Waals surface area contributed by atoms with Crippen LogP contribution in [-0.4, -0.2) is 49.8 Å². The van der Waals surface area contributed by atoms with Crippen LogP contribution in [0.1, 0.15) is 15.9 Å². The van der Waals surface area contributed by atoms with Crippen LogP contribution in [0, 0.1) is 5.82 Å². The number of nitrogens with zero attached hydrogens (tertiary/aromatic N) is 1. The van der Waals surface area contributed by atoms with Crippen molar-refractivity contribution < 1.29 is 28.6 Å². The Morgan fingerprint density at radius 2 is 1.86 bits per heavy atom. The van der Waals surface area contributed by atoms with Gasteiger partial charge in [-0.05, 0) is 42.0 Å². The average molecular weight is 385 g/mol. The second-order valence-corrected chi connectivity index (χ2v) is 6.21. The standard InChI is InChI=1S/C21H20FNO5/c22-18-13-16(4-7-19(18)23-9-11-27-12-10-23)20(24)8-3-15-1-5-17(6-2-15)28-14-21(25)26/h1-8,13H,9-12,14H2,(H,25,26)/b8-3+. The first-order chi connectivity index (χ1) is 13.5. The average Bonchev–Trinajstić information content (AvgIpc) is 2.71. The molecule has 2 aromatic rings. The van der Waals surface area contributed by atoms with Gasteiger partial charge in [-0.15, -0.1) is 0 Å². The molecule has 0 aromatic heterocycles. The molecule has 0 bridgehead atoms. The van der Waals surface area contributed by atoms with Crippen LogP contribution >= 0.6 is 0 Å². The second kappa shape index (κ2) is 9.14. The summed E-state index contributed by atoms with van der Waals surface area (Å²) in [6, 6.07) is 11.1. The van der Waals surface area contributed by atoms with Crippen molar-refractivity contribution >= 4 is 23.5 Å². The number of rotatable bonds is 7. The van der Waals surface area contributed by atoms with Gasteiger partial charge in [0, 0.05) is 18.7 Å². The lowest BCUT2D eigenvalue weighted by molar-refractivity contribution is -0.139. The maximum absolute atomic E-state index is 14.4. The second-order valence-electron chi connectivity index (χ2n) is 6.21. The Balaban J connectivity index is 1.63. The van der Waals surface area contributed by atoms with Crippen LogP contribution in [0.15, 0.2) is 48.5 Å². The number of ketones is 1. The van der Waals surface area contributed by atoms with E-state index in [2.05, 4.69) is 0 Å². The molecule has 146 valence electrons. The fourth-order valence-corrected chi connectivity index (χ4v) is 2.81. The number of hydrogen-bond donors (Lipinski definition) is 1. The van der Waals surface area contributed by atoms with E-state index in [0.717, 1.165) is 5.56 Å². The Hall–Kier alpha value is -3.19. The van der Waals surface area contributed by atoms with Gasteiger partial charge in [0.25, 0.3) is 0 Å². The summed E-state index contributed by atoms with van der Waals surface area (Å²) in [6.45, 7) is 1.94. The summed E-state index contributed by atoms with van der Waals surface area (Å²) in [5, 5.41) is 8.59. The minimum atomic E-state index is -1.05. The largest absolute Gasteiger partial charge is 0.482 e. The molecule has 3 rings (SSSR count). The zero-order valence-electron chi connectivity index (χ0n) is 15.1. The fourth-order valence-electron chi connectivity index (χ4n) is 2.81. The summed E-state index contributed by atoms with van der Waals surface area (Å²) in [7, 11) is 0. The van der Waals surface area contributed by atoms with Crippen molar-refractivity contribution in [3.8, 4) is 5.75 Å². The number of carboxylic acid groups (broad SMARTS) is 1. The zero-order valence-corrected chi connectivity index (χ0v) is 15.1. The Labute approximate surface area is 161 Å². The topological polar surface area (TPSA) is 76.1 Å². The molecule has 28 heavy (non-hydrogen) atoms. The lowest BCUT2D eigenvalue weighted by Crippen LogP contribution is -2.36. The van der Waals surface area contributed by atoms with Gasteiger partial charge in [0.2, 0.25) is 0 Å². The van der Waals surface area contributed by atoms with Gasteiger partial charge in [-0.1, -0.05) is 18.2 Å². The number of morpholine rings is 1. The van der Waals surface area contributed by atoms with E-state index in [4.69, 9.17) is 14.6 Å². The molecule has 2 aromatic carbocycles. The highest BCUT2D eigenvalue weighted by Gasteiger charge is 2.16. The van der Waals surface area contributed by atoms with Crippen LogP contribution in [0.5, 0.6) is 5.75 Å². The number of ether oxygens (including phenoxy) is 2. The molecule has 1 aliphatic heterocycles. The Morgan fingerprint density at radius 3 is 2.50 bits per heavy atom. The van der Waals surface area contributed by atoms with Crippen molar-refractivity contribution in [1.29, 1.82) is 0 Å². The normalized spacial score (nSPS) is 14.2. The maximum Gasteiger partial charge on any atom is 0.341 e. The van der Waals surface area contributed by atoms with Crippen LogP contribution in [-0.2, 0) is 9.53 Å². The van der Waals surface area contributed by atoms with Crippen LogP contribution in [0.4, 0.5) is 10.1 Å². The summed E-state index contributed by atoms with van der Waals surface area (Å²) in [6.07, 6.45) is 2.98. The van der Waals surface area contributed by atoms with E-state index in [0.29, 0.717) is 37.7 Å². The summed E-state index contributed by atoms with van der Waals surface area (Å²) < 4.78 is 24.7. The molecular weight excluding hydrogens is 365 g/mol. The predicted octanol–water partition coefficient (Wildman–Crippen LogP) is 3.02. The molecule has 0 amide bonds. The van der Waals surface area contributed by atoms with E-state index in [1.54, 1.807) is 42.5 Å². The van der Waals surface area contributed by atoms with Gasteiger partial charge in [-0.25, -0.2) is 9.18 Å². The third-order valence-corrected chi connectivity index (χ3v) is 4.25. The molecule has 0 radical (unpaired) electrons. The molecule has 1 N–H and O–H groups in total. The molecule has 0 unspecified atom stereocenters. The fraction of sp³-hybridized carbons (Fsp3) is 0.238. The van der Waals surface area contributed by atoms with Crippen molar-refractivity contribution in [1.82, 2.24) is 0 Å². The summed E-state index contributed by atoms with van der Waals surface area (Å²) in [4.78, 5) is 24.7. The minimum Gasteiger partial charge on any atom is -0.482 e. The lowest BCUT2D eigenvalue weighted by Gasteiger charge is -2.29. The molecule has 1 heterocycles. The van der Waals surface area contributed by atoms with Crippen molar-refractivity contribution in [3.05, 3.63) is 65.5 Å². The first-order valence-corrected chi connectivity index (χ1v) is 8.82. The van der Waals surface area contributed by atoms with Crippen LogP contribution in [0.3, 0.4) is 0 Å². The first kappa shape index (κ1) is 19.6. The molecular formula is C21H20FNO5. The highest BCUT2D eigenvalue weighted by molar-refractivity contribution is 6.07. The van der Waals surface area contributed by atoms with Gasteiger partial charge < -0.3 is 19.5 Å². The smallest absolute Gasteiger partial charge is 0.341 e. The molecule has 0 atom stereocenters. The number of carboxylic acids is 1. The van der Waals surface area contributed by atoms with Crippen LogP contribution in [0.25, 0.3) is 6.08 Å². The minimum absolute atomic E-state index is 0.271. The van der Waals surface area contributed by atoms with Crippen molar-refractivity contribution in [2.24, 2.45) is 0 Å². The predicted molar refractivity (Wildman–Crippen MR) is 102 cm³/mol. The molecule has 7 heteroatoms. The van der Waals surface area contributed by atoms with E-state index in [1.807, 2.05) is 4.90 Å². The third kappa shape index (κ3) is 5.17. The van der Waals surface area contributed by atoms with Crippen LogP contribution < -0.4 is 9.64 Å². The van der Waals surface area contributed by atoms with E-state index in [1.165, 1.54) is 12.1 Å². The molecule has 1 aliphatic rings. The molecule has 0 saturated carbocycles. The van der Waals surface area contributed by atoms with Gasteiger partial charge in [-0.2, -0.15) is 0 Å². The number of aliphatic carboxylic acids is 1. The highest BCUT2D eigenvalue weighted by atomic mass is 19.1. The maximum atomic E-state index is 14.4. The third-order valence-electron chi connectivity index (χ3n) is 4.25. The first-order valence-electron chi connectivity index (χ1n) is 8.82. The van der Waals surface area contributed by atoms with Crippen molar-refractivity contribution in [2.75, 3.05) is 37.8 Å². The Morgan fingerprint density at radius 1 is 1.14 bits per heavy atom. The monoisotopic (exact) mass is 385 g/mol. The Bertz CT molecular complexity index is 873. The molecule has 6 nitrogen and oxygen atoms in total. The summed E-state index contributed by atoms with van der Waals surface area (Å²) in [5.41, 5.74) is 1.48. The van der Waals surface area contributed by atoms with Gasteiger partial charge in [0.1, 0.15) is 11.6 Å². The van der Waals surface area contributed by atoms with Crippen molar-refractivity contribution in [2.45, 2.75) is 0 Å². The van der Waals surface area contributed by atoms with Crippen LogP contribution in [0.2, 0.25) is 0 Å². The number of anilines is 1. The Kier molecular flexibility index (Phi) is 6.39. The molecule has 0 spiro atoms. The number of halogens is 1. The van der Waals surface area contributed by atoms with Gasteiger partial charge >= 0.3 is 5.97 Å². The van der Waals surface area contributed by atoms with Crippen molar-refractivity contribution in [3.63, 3.8) is 0 Å². The van der Waals surface area contributed by atoms with E-state index in [-0.39, 0.29) is 11.3 Å². The zero-order chi connectivity index (χ0) is 19.9. The number of hydrogen-bond acceptors (Lipinski definition) is 5. The summed E-state index contributed by atoms with van der Waals surface area (Å²) >= 11 is 0. The molecule has 1 saturated heterocycles. The molecule has 0 aliphatic carbocycles. The molecule has 1 fully saturated rings. The lowest BCUT2D eigenvalue weighted by atomic mass is 10.1. The number of allylic oxidation sites excluding steroid dienone is 1. The van der Waals surface area contributed by atoms with Gasteiger partial charge in [-0.3, -0.25) is 4.79 Å². The van der Waals surface area contributed by atoms with Gasteiger partial charge in [0.15, 0.2) is 12.4 Å². The quantitative estimate of drug-likeness (QED) is 0.583. The SMILES string of the molecule is O=C(O)COc1ccc(/C=C/C(=O)c2ccc(N3CCOCC3)c(F)c2)cc1. The number of carbonyl (C=O) groups is 2. The van der Waals surface area contributed by atoms with E-state index >= 15 is 0 Å². The summed E-state index contributed by atoms with van der Waals surface area (Å²) in [5.74, 6) is -1.37. The number of carbonyl (C=O) groups excluding carboxylic acids is 1. The van der Waals surface area contributed by atoms with Gasteiger partial charge in [0.05, 0.1) is 18.9 Å². The highest BCUT2D eigenvalue weighted by Crippen LogP contribution is 2.22.